The Balaban J connectivity index is 2.01. The predicted molar refractivity (Wildman–Crippen MR) is 96.4 cm³/mol. The molecule has 2 amide bonds. The van der Waals surface area contributed by atoms with Gasteiger partial charge in [-0.25, -0.2) is 9.18 Å². The molecule has 1 aliphatic rings. The summed E-state index contributed by atoms with van der Waals surface area (Å²) in [6.45, 7) is 0. The van der Waals surface area contributed by atoms with Crippen molar-refractivity contribution in [2.24, 2.45) is 5.73 Å². The van der Waals surface area contributed by atoms with Crippen molar-refractivity contribution in [2.75, 3.05) is 4.90 Å². The second-order valence-corrected chi connectivity index (χ2v) is 6.76. The molecule has 0 atom stereocenters. The van der Waals surface area contributed by atoms with E-state index in [1.807, 2.05) is 6.07 Å². The summed E-state index contributed by atoms with van der Waals surface area (Å²) in [6, 6.07) is 8.34. The number of primary amides is 1. The number of rotatable bonds is 4. The average molecular weight is 407 g/mol. The van der Waals surface area contributed by atoms with Crippen molar-refractivity contribution in [3.05, 3.63) is 59.4 Å². The van der Waals surface area contributed by atoms with E-state index < -0.39 is 29.3 Å². The van der Waals surface area contributed by atoms with Crippen LogP contribution < -0.4 is 15.4 Å². The zero-order valence-corrected chi connectivity index (χ0v) is 15.2. The van der Waals surface area contributed by atoms with Gasteiger partial charge in [0.2, 0.25) is 0 Å². The number of nitrogens with zero attached hydrogens (tertiary/aromatic N) is 2. The van der Waals surface area contributed by atoms with Crippen molar-refractivity contribution in [2.45, 2.75) is 37.6 Å². The van der Waals surface area contributed by atoms with Crippen molar-refractivity contribution < 1.29 is 27.1 Å². The zero-order chi connectivity index (χ0) is 21.2. The van der Waals surface area contributed by atoms with E-state index in [1.165, 1.54) is 6.07 Å². The Hall–Kier alpha value is -3.28. The molecule has 152 valence electrons. The summed E-state index contributed by atoms with van der Waals surface area (Å²) < 4.78 is 58.3. The topological polar surface area (TPSA) is 79.4 Å². The van der Waals surface area contributed by atoms with Crippen LogP contribution in [0.1, 0.15) is 36.8 Å². The minimum Gasteiger partial charge on any atom is -0.467 e. The largest absolute Gasteiger partial charge is 0.467 e. The molecule has 2 N–H and O–H groups in total. The molecule has 5 nitrogen and oxygen atoms in total. The SMILES string of the molecule is N#Cc1cc(F)cc(N(C(N)=O)C2(Oc3ccc(C(F)(F)F)cc3)CCCC2)c1. The number of halogens is 4. The van der Waals surface area contributed by atoms with E-state index in [0.29, 0.717) is 25.7 Å². The van der Waals surface area contributed by atoms with Crippen molar-refractivity contribution >= 4 is 11.7 Å². The summed E-state index contributed by atoms with van der Waals surface area (Å²) >= 11 is 0. The van der Waals surface area contributed by atoms with E-state index >= 15 is 0 Å². The highest BCUT2D eigenvalue weighted by molar-refractivity contribution is 5.92. The first-order valence-electron chi connectivity index (χ1n) is 8.81. The predicted octanol–water partition coefficient (Wildman–Crippen LogP) is 4.95. The summed E-state index contributed by atoms with van der Waals surface area (Å²) in [5, 5.41) is 9.09. The molecule has 0 bridgehead atoms. The number of carbonyl (C=O) groups is 1. The molecule has 1 aliphatic carbocycles. The molecule has 2 aromatic rings. The molecule has 0 aliphatic heterocycles. The van der Waals surface area contributed by atoms with Gasteiger partial charge in [-0.3, -0.25) is 4.90 Å². The number of hydrogen-bond acceptors (Lipinski definition) is 3. The van der Waals surface area contributed by atoms with Crippen molar-refractivity contribution in [1.82, 2.24) is 0 Å². The van der Waals surface area contributed by atoms with Crippen LogP contribution in [0.4, 0.5) is 28.0 Å². The molecule has 3 rings (SSSR count). The Morgan fingerprint density at radius 3 is 2.28 bits per heavy atom. The van der Waals surface area contributed by atoms with Gasteiger partial charge in [0.05, 0.1) is 22.9 Å². The van der Waals surface area contributed by atoms with Gasteiger partial charge < -0.3 is 10.5 Å². The van der Waals surface area contributed by atoms with Crippen LogP contribution in [-0.2, 0) is 6.18 Å². The lowest BCUT2D eigenvalue weighted by molar-refractivity contribution is -0.137. The highest BCUT2D eigenvalue weighted by Gasteiger charge is 2.45. The minimum absolute atomic E-state index is 0.00562. The van der Waals surface area contributed by atoms with Gasteiger partial charge in [-0.05, 0) is 55.3 Å². The number of anilines is 1. The van der Waals surface area contributed by atoms with Crippen LogP contribution in [0.15, 0.2) is 42.5 Å². The quantitative estimate of drug-likeness (QED) is 0.575. The number of carbonyl (C=O) groups excluding carboxylic acids is 1. The first-order chi connectivity index (χ1) is 13.6. The molecular weight excluding hydrogens is 390 g/mol. The first-order valence-corrected chi connectivity index (χ1v) is 8.81. The molecule has 9 heteroatoms. The number of urea groups is 1. The van der Waals surface area contributed by atoms with Gasteiger partial charge in [-0.15, -0.1) is 0 Å². The average Bonchev–Trinajstić information content (AvgIpc) is 3.09. The number of benzene rings is 2. The minimum atomic E-state index is -4.49. The third kappa shape index (κ3) is 4.26. The maximum Gasteiger partial charge on any atom is 0.416 e. The standard InChI is InChI=1S/C20H17F4N3O2/c21-15-9-13(12-25)10-16(11-15)27(18(26)28)19(7-1-2-8-19)29-17-5-3-14(4-6-17)20(22,23)24/h3-6,9-11H,1-2,7-8H2,(H2,26,28). The van der Waals surface area contributed by atoms with E-state index in [0.717, 1.165) is 41.3 Å². The van der Waals surface area contributed by atoms with Crippen LogP contribution in [-0.4, -0.2) is 11.8 Å². The fourth-order valence-electron chi connectivity index (χ4n) is 3.56. The molecule has 0 heterocycles. The molecule has 0 unspecified atom stereocenters. The highest BCUT2D eigenvalue weighted by Crippen LogP contribution is 2.41. The van der Waals surface area contributed by atoms with Crippen LogP contribution in [0.5, 0.6) is 5.75 Å². The second kappa shape index (κ2) is 7.62. The molecule has 0 aromatic heterocycles. The maximum atomic E-state index is 14.0. The van der Waals surface area contributed by atoms with E-state index in [1.54, 1.807) is 0 Å². The van der Waals surface area contributed by atoms with Gasteiger partial charge in [0.15, 0.2) is 5.72 Å². The van der Waals surface area contributed by atoms with Crippen LogP contribution in [0.25, 0.3) is 0 Å². The number of amides is 2. The lowest BCUT2D eigenvalue weighted by Gasteiger charge is -2.40. The Bertz CT molecular complexity index is 946. The number of ether oxygens (including phenoxy) is 1. The molecule has 1 fully saturated rings. The van der Waals surface area contributed by atoms with E-state index in [9.17, 15) is 22.4 Å². The maximum absolute atomic E-state index is 14.0. The van der Waals surface area contributed by atoms with Gasteiger partial charge in [-0.1, -0.05) is 0 Å². The number of nitriles is 1. The highest BCUT2D eigenvalue weighted by atomic mass is 19.4. The lowest BCUT2D eigenvalue weighted by Crippen LogP contribution is -2.56. The monoisotopic (exact) mass is 407 g/mol. The summed E-state index contributed by atoms with van der Waals surface area (Å²) in [4.78, 5) is 13.4. The van der Waals surface area contributed by atoms with Crippen molar-refractivity contribution in [1.29, 1.82) is 5.26 Å². The number of nitrogens with two attached hydrogens (primary N) is 1. The third-order valence-electron chi connectivity index (χ3n) is 4.77. The Morgan fingerprint density at radius 2 is 1.76 bits per heavy atom. The number of alkyl halides is 3. The smallest absolute Gasteiger partial charge is 0.416 e. The Morgan fingerprint density at radius 1 is 1.14 bits per heavy atom. The zero-order valence-electron chi connectivity index (χ0n) is 15.2. The van der Waals surface area contributed by atoms with E-state index in [2.05, 4.69) is 0 Å². The summed E-state index contributed by atoms with van der Waals surface area (Å²) in [6.07, 6.45) is -2.46. The fourth-order valence-corrected chi connectivity index (χ4v) is 3.56. The van der Waals surface area contributed by atoms with E-state index in [-0.39, 0.29) is 17.0 Å². The van der Waals surface area contributed by atoms with Crippen LogP contribution in [0.2, 0.25) is 0 Å². The van der Waals surface area contributed by atoms with Crippen molar-refractivity contribution in [3.63, 3.8) is 0 Å². The summed E-state index contributed by atoms with van der Waals surface area (Å²) in [5.74, 6) is -0.615. The van der Waals surface area contributed by atoms with Crippen LogP contribution in [0, 0.1) is 17.1 Å². The normalized spacial score (nSPS) is 15.6. The van der Waals surface area contributed by atoms with Gasteiger partial charge >= 0.3 is 12.2 Å². The molecular formula is C20H17F4N3O2. The Kier molecular flexibility index (Phi) is 5.38. The van der Waals surface area contributed by atoms with Gasteiger partial charge in [0, 0.05) is 12.8 Å². The third-order valence-corrected chi connectivity index (χ3v) is 4.77. The fraction of sp³-hybridized carbons (Fsp3) is 0.300. The van der Waals surface area contributed by atoms with Gasteiger partial charge in [0.1, 0.15) is 11.6 Å². The van der Waals surface area contributed by atoms with Gasteiger partial charge in [0.25, 0.3) is 0 Å². The summed E-state index contributed by atoms with van der Waals surface area (Å²) in [7, 11) is 0. The summed E-state index contributed by atoms with van der Waals surface area (Å²) in [5.41, 5.74) is 3.47. The van der Waals surface area contributed by atoms with E-state index in [4.69, 9.17) is 15.7 Å². The molecule has 2 aromatic carbocycles. The number of hydrogen-bond donors (Lipinski definition) is 1. The molecule has 1 saturated carbocycles. The van der Waals surface area contributed by atoms with Crippen LogP contribution in [0.3, 0.4) is 0 Å². The molecule has 29 heavy (non-hydrogen) atoms. The lowest BCUT2D eigenvalue weighted by atomic mass is 10.1. The Labute approximate surface area is 164 Å². The van der Waals surface area contributed by atoms with Crippen LogP contribution >= 0.6 is 0 Å². The second-order valence-electron chi connectivity index (χ2n) is 6.76. The molecule has 0 radical (unpaired) electrons. The first kappa shape index (κ1) is 20.5. The molecule has 0 saturated heterocycles. The van der Waals surface area contributed by atoms with Gasteiger partial charge in [-0.2, -0.15) is 18.4 Å². The molecule has 0 spiro atoms. The van der Waals surface area contributed by atoms with Crippen molar-refractivity contribution in [3.8, 4) is 11.8 Å².